The summed E-state index contributed by atoms with van der Waals surface area (Å²) < 4.78 is 16.2. The van der Waals surface area contributed by atoms with Gasteiger partial charge in [0, 0.05) is 18.0 Å². The van der Waals surface area contributed by atoms with Crippen LogP contribution in [0, 0.1) is 0 Å². The predicted octanol–water partition coefficient (Wildman–Crippen LogP) is 3.85. The van der Waals surface area contributed by atoms with Crippen molar-refractivity contribution in [2.24, 2.45) is 0 Å². The van der Waals surface area contributed by atoms with Crippen LogP contribution in [-0.2, 0) is 6.42 Å². The Balaban J connectivity index is 2.05. The third kappa shape index (κ3) is 2.93. The maximum absolute atomic E-state index is 5.50. The standard InChI is InChI=1S/C19H19NO3/c1-21-16-8-7-13(12-18(16)23-3)11-15-19-14(9-10-20-15)5-4-6-17(19)22-2/h4-10,12H,11H2,1-3H3. The van der Waals surface area contributed by atoms with Crippen molar-refractivity contribution in [2.75, 3.05) is 21.3 Å². The molecule has 0 aliphatic heterocycles. The number of ether oxygens (including phenoxy) is 3. The van der Waals surface area contributed by atoms with Gasteiger partial charge >= 0.3 is 0 Å². The number of aromatic nitrogens is 1. The maximum Gasteiger partial charge on any atom is 0.160 e. The first-order chi connectivity index (χ1) is 11.3. The van der Waals surface area contributed by atoms with Gasteiger partial charge in [-0.05, 0) is 35.2 Å². The number of benzene rings is 2. The summed E-state index contributed by atoms with van der Waals surface area (Å²) in [7, 11) is 4.96. The Labute approximate surface area is 135 Å². The zero-order valence-electron chi connectivity index (χ0n) is 13.5. The highest BCUT2D eigenvalue weighted by Crippen LogP contribution is 2.31. The summed E-state index contributed by atoms with van der Waals surface area (Å²) >= 11 is 0. The van der Waals surface area contributed by atoms with Crippen molar-refractivity contribution in [3.8, 4) is 17.2 Å². The quantitative estimate of drug-likeness (QED) is 0.718. The highest BCUT2D eigenvalue weighted by atomic mass is 16.5. The van der Waals surface area contributed by atoms with Crippen molar-refractivity contribution in [2.45, 2.75) is 6.42 Å². The molecule has 0 N–H and O–H groups in total. The van der Waals surface area contributed by atoms with Gasteiger partial charge in [0.15, 0.2) is 11.5 Å². The van der Waals surface area contributed by atoms with Crippen LogP contribution in [0.2, 0.25) is 0 Å². The molecule has 23 heavy (non-hydrogen) atoms. The van der Waals surface area contributed by atoms with Gasteiger partial charge in [-0.15, -0.1) is 0 Å². The fraction of sp³-hybridized carbons (Fsp3) is 0.211. The van der Waals surface area contributed by atoms with Gasteiger partial charge in [-0.1, -0.05) is 18.2 Å². The summed E-state index contributed by atoms with van der Waals surface area (Å²) in [6, 6.07) is 13.9. The Kier molecular flexibility index (Phi) is 4.33. The van der Waals surface area contributed by atoms with Crippen molar-refractivity contribution < 1.29 is 14.2 Å². The SMILES string of the molecule is COc1ccc(Cc2nccc3cccc(OC)c23)cc1OC. The fourth-order valence-electron chi connectivity index (χ4n) is 2.76. The fourth-order valence-corrected chi connectivity index (χ4v) is 2.76. The molecule has 2 aromatic carbocycles. The van der Waals surface area contributed by atoms with Gasteiger partial charge < -0.3 is 14.2 Å². The minimum absolute atomic E-state index is 0.693. The molecule has 0 aliphatic carbocycles. The van der Waals surface area contributed by atoms with E-state index in [4.69, 9.17) is 14.2 Å². The molecule has 1 aromatic heterocycles. The van der Waals surface area contributed by atoms with Crippen molar-refractivity contribution in [1.29, 1.82) is 0 Å². The first-order valence-corrected chi connectivity index (χ1v) is 7.38. The van der Waals surface area contributed by atoms with E-state index < -0.39 is 0 Å². The number of fused-ring (bicyclic) bond motifs is 1. The lowest BCUT2D eigenvalue weighted by Gasteiger charge is -2.12. The second-order valence-electron chi connectivity index (χ2n) is 5.18. The maximum atomic E-state index is 5.50. The average Bonchev–Trinajstić information content (AvgIpc) is 2.61. The molecule has 0 amide bonds. The molecular weight excluding hydrogens is 290 g/mol. The van der Waals surface area contributed by atoms with Crippen LogP contribution in [0.1, 0.15) is 11.3 Å². The Bertz CT molecular complexity index is 825. The van der Waals surface area contributed by atoms with Crippen LogP contribution in [-0.4, -0.2) is 26.3 Å². The molecule has 0 saturated carbocycles. The number of methoxy groups -OCH3 is 3. The van der Waals surface area contributed by atoms with Gasteiger partial charge in [0.2, 0.25) is 0 Å². The van der Waals surface area contributed by atoms with Crippen molar-refractivity contribution in [3.05, 3.63) is 59.9 Å². The van der Waals surface area contributed by atoms with Gasteiger partial charge in [0.05, 0.1) is 27.0 Å². The number of rotatable bonds is 5. The van der Waals surface area contributed by atoms with E-state index in [1.54, 1.807) is 21.3 Å². The molecule has 118 valence electrons. The summed E-state index contributed by atoms with van der Waals surface area (Å²) in [5, 5.41) is 2.17. The van der Waals surface area contributed by atoms with E-state index in [1.807, 2.05) is 42.6 Å². The number of hydrogen-bond acceptors (Lipinski definition) is 4. The third-order valence-electron chi connectivity index (χ3n) is 3.87. The highest BCUT2D eigenvalue weighted by molar-refractivity contribution is 5.90. The van der Waals surface area contributed by atoms with Crippen LogP contribution in [0.5, 0.6) is 17.2 Å². The van der Waals surface area contributed by atoms with Crippen molar-refractivity contribution in [3.63, 3.8) is 0 Å². The molecule has 0 fully saturated rings. The van der Waals surface area contributed by atoms with Crippen molar-refractivity contribution >= 4 is 10.8 Å². The van der Waals surface area contributed by atoms with E-state index >= 15 is 0 Å². The lowest BCUT2D eigenvalue weighted by atomic mass is 10.0. The van der Waals surface area contributed by atoms with E-state index in [1.165, 1.54) is 0 Å². The van der Waals surface area contributed by atoms with Crippen molar-refractivity contribution in [1.82, 2.24) is 4.98 Å². The highest BCUT2D eigenvalue weighted by Gasteiger charge is 2.11. The largest absolute Gasteiger partial charge is 0.496 e. The van der Waals surface area contributed by atoms with Gasteiger partial charge in [0.25, 0.3) is 0 Å². The Morgan fingerprint density at radius 1 is 0.826 bits per heavy atom. The predicted molar refractivity (Wildman–Crippen MR) is 90.6 cm³/mol. The summed E-state index contributed by atoms with van der Waals surface area (Å²) in [6.07, 6.45) is 2.52. The lowest BCUT2D eigenvalue weighted by molar-refractivity contribution is 0.354. The van der Waals surface area contributed by atoms with Crippen LogP contribution in [0.15, 0.2) is 48.7 Å². The molecule has 0 radical (unpaired) electrons. The van der Waals surface area contributed by atoms with E-state index in [2.05, 4.69) is 11.1 Å². The molecular formula is C19H19NO3. The molecule has 0 aliphatic rings. The molecule has 0 atom stereocenters. The first kappa shape index (κ1) is 15.2. The second kappa shape index (κ2) is 6.57. The second-order valence-corrected chi connectivity index (χ2v) is 5.18. The minimum Gasteiger partial charge on any atom is -0.496 e. The lowest BCUT2D eigenvalue weighted by Crippen LogP contribution is -1.97. The molecule has 4 heteroatoms. The smallest absolute Gasteiger partial charge is 0.160 e. The molecule has 3 rings (SSSR count). The number of nitrogens with zero attached hydrogens (tertiary/aromatic N) is 1. The molecule has 0 saturated heterocycles. The Morgan fingerprint density at radius 3 is 2.35 bits per heavy atom. The Morgan fingerprint density at radius 2 is 1.61 bits per heavy atom. The summed E-state index contributed by atoms with van der Waals surface area (Å²) in [4.78, 5) is 4.56. The van der Waals surface area contributed by atoms with Crippen LogP contribution >= 0.6 is 0 Å². The van der Waals surface area contributed by atoms with Crippen LogP contribution in [0.3, 0.4) is 0 Å². The summed E-state index contributed by atoms with van der Waals surface area (Å²) in [5.74, 6) is 2.28. The van der Waals surface area contributed by atoms with Crippen LogP contribution in [0.25, 0.3) is 10.8 Å². The molecule has 0 bridgehead atoms. The minimum atomic E-state index is 0.693. The molecule has 0 unspecified atom stereocenters. The third-order valence-corrected chi connectivity index (χ3v) is 3.87. The summed E-state index contributed by atoms with van der Waals surface area (Å²) in [6.45, 7) is 0. The van der Waals surface area contributed by atoms with Crippen LogP contribution in [0.4, 0.5) is 0 Å². The van der Waals surface area contributed by atoms with Gasteiger partial charge in [-0.2, -0.15) is 0 Å². The molecule has 4 nitrogen and oxygen atoms in total. The topological polar surface area (TPSA) is 40.6 Å². The van der Waals surface area contributed by atoms with E-state index in [0.29, 0.717) is 6.42 Å². The van der Waals surface area contributed by atoms with Crippen LogP contribution < -0.4 is 14.2 Å². The molecule has 1 heterocycles. The van der Waals surface area contributed by atoms with Gasteiger partial charge in [0.1, 0.15) is 5.75 Å². The average molecular weight is 309 g/mol. The number of hydrogen-bond donors (Lipinski definition) is 0. The number of pyridine rings is 1. The normalized spacial score (nSPS) is 10.6. The monoisotopic (exact) mass is 309 g/mol. The summed E-state index contributed by atoms with van der Waals surface area (Å²) in [5.41, 5.74) is 2.08. The molecule has 3 aromatic rings. The van der Waals surface area contributed by atoms with E-state index in [0.717, 1.165) is 39.3 Å². The van der Waals surface area contributed by atoms with Gasteiger partial charge in [-0.25, -0.2) is 0 Å². The van der Waals surface area contributed by atoms with E-state index in [9.17, 15) is 0 Å². The molecule has 0 spiro atoms. The zero-order chi connectivity index (χ0) is 16.2. The Hall–Kier alpha value is -2.75. The van der Waals surface area contributed by atoms with E-state index in [-0.39, 0.29) is 0 Å². The van der Waals surface area contributed by atoms with Gasteiger partial charge in [-0.3, -0.25) is 4.98 Å². The first-order valence-electron chi connectivity index (χ1n) is 7.38. The zero-order valence-corrected chi connectivity index (χ0v) is 13.5.